The number of nitrogens with zero attached hydrogens (tertiary/aromatic N) is 3. The zero-order valence-electron chi connectivity index (χ0n) is 25.9. The Hall–Kier alpha value is -2.88. The zero-order valence-corrected chi connectivity index (χ0v) is 25.9. The van der Waals surface area contributed by atoms with E-state index in [-0.39, 0.29) is 6.04 Å². The summed E-state index contributed by atoms with van der Waals surface area (Å²) in [6, 6.07) is 15.9. The minimum atomic E-state index is -4.35. The van der Waals surface area contributed by atoms with Crippen LogP contribution in [0.2, 0.25) is 0 Å². The van der Waals surface area contributed by atoms with Gasteiger partial charge >= 0.3 is 6.18 Å². The standard InChI is InChI=1S/C35H50F3N3O/c1-4-5-6-7-8-9-10-11-12-13-24-34(28-39,30-18-15-21-33(27-30)42-3)25-16-20-32(41-40-2)23-22-29-17-14-19-31(26-29)35(36,37)38/h14-15,17-19,21,26-27,32H,4-13,16,20,22-25H2,1-3H3/b41-40+. The highest BCUT2D eigenvalue weighted by Gasteiger charge is 2.32. The van der Waals surface area contributed by atoms with Crippen LogP contribution in [0.5, 0.6) is 5.75 Å². The number of aryl methyl sites for hydroxylation is 1. The molecule has 7 heteroatoms. The van der Waals surface area contributed by atoms with Crippen molar-refractivity contribution in [1.82, 2.24) is 0 Å². The van der Waals surface area contributed by atoms with Crippen LogP contribution in [0.4, 0.5) is 13.2 Å². The molecular weight excluding hydrogens is 535 g/mol. The van der Waals surface area contributed by atoms with Crippen molar-refractivity contribution in [2.24, 2.45) is 10.2 Å². The SMILES string of the molecule is CCCCCCCCCCCCC(C#N)(CCCC(CCc1cccc(C(F)(F)F)c1)/N=N/C)c1cccc(OC)c1. The number of benzene rings is 2. The predicted octanol–water partition coefficient (Wildman–Crippen LogP) is 11.0. The van der Waals surface area contributed by atoms with E-state index in [1.807, 2.05) is 24.3 Å². The van der Waals surface area contributed by atoms with Crippen molar-refractivity contribution in [1.29, 1.82) is 5.26 Å². The van der Waals surface area contributed by atoms with Crippen molar-refractivity contribution in [3.8, 4) is 11.8 Å². The van der Waals surface area contributed by atoms with Gasteiger partial charge < -0.3 is 4.74 Å². The number of azo groups is 1. The Kier molecular flexibility index (Phi) is 16.3. The van der Waals surface area contributed by atoms with E-state index in [0.29, 0.717) is 24.8 Å². The molecule has 2 unspecified atom stereocenters. The third kappa shape index (κ3) is 12.5. The number of hydrogen-bond donors (Lipinski definition) is 0. The Morgan fingerprint density at radius 1 is 0.810 bits per heavy atom. The average molecular weight is 586 g/mol. The molecule has 0 saturated carbocycles. The van der Waals surface area contributed by atoms with Gasteiger partial charge in [0.1, 0.15) is 5.75 Å². The summed E-state index contributed by atoms with van der Waals surface area (Å²) in [5.74, 6) is 0.744. The van der Waals surface area contributed by atoms with Crippen LogP contribution in [0.15, 0.2) is 58.8 Å². The number of alkyl halides is 3. The second kappa shape index (κ2) is 19.3. The van der Waals surface area contributed by atoms with E-state index in [2.05, 4.69) is 23.2 Å². The molecule has 0 aliphatic rings. The zero-order chi connectivity index (χ0) is 30.7. The molecule has 0 fully saturated rings. The lowest BCUT2D eigenvalue weighted by atomic mass is 9.73. The van der Waals surface area contributed by atoms with Crippen molar-refractivity contribution < 1.29 is 17.9 Å². The van der Waals surface area contributed by atoms with E-state index in [1.165, 1.54) is 63.5 Å². The maximum atomic E-state index is 13.1. The minimum absolute atomic E-state index is 0.108. The number of hydrogen-bond acceptors (Lipinski definition) is 4. The van der Waals surface area contributed by atoms with E-state index in [0.717, 1.165) is 49.5 Å². The Morgan fingerprint density at radius 3 is 2.05 bits per heavy atom. The Bertz CT molecular complexity index is 1100. The molecule has 0 saturated heterocycles. The van der Waals surface area contributed by atoms with Crippen LogP contribution in [0.1, 0.15) is 120 Å². The topological polar surface area (TPSA) is 57.7 Å². The second-order valence-electron chi connectivity index (χ2n) is 11.5. The minimum Gasteiger partial charge on any atom is -0.497 e. The van der Waals surface area contributed by atoms with Crippen LogP contribution in [0.25, 0.3) is 0 Å². The summed E-state index contributed by atoms with van der Waals surface area (Å²) in [4.78, 5) is 0. The molecule has 232 valence electrons. The van der Waals surface area contributed by atoms with E-state index in [4.69, 9.17) is 4.74 Å². The first-order chi connectivity index (χ1) is 20.3. The molecule has 2 aromatic rings. The molecule has 0 heterocycles. The number of ether oxygens (including phenoxy) is 1. The van der Waals surface area contributed by atoms with Gasteiger partial charge in [0.25, 0.3) is 0 Å². The van der Waals surface area contributed by atoms with Crippen LogP contribution in [0, 0.1) is 11.3 Å². The molecule has 2 atom stereocenters. The van der Waals surface area contributed by atoms with Crippen molar-refractivity contribution in [2.45, 2.75) is 127 Å². The molecule has 0 spiro atoms. The molecule has 0 aromatic heterocycles. The molecule has 2 rings (SSSR count). The van der Waals surface area contributed by atoms with Crippen molar-refractivity contribution in [3.05, 3.63) is 65.2 Å². The maximum absolute atomic E-state index is 13.1. The molecule has 0 N–H and O–H groups in total. The fraction of sp³-hybridized carbons (Fsp3) is 0.629. The normalized spacial score (nSPS) is 14.0. The Labute approximate surface area is 251 Å². The molecule has 42 heavy (non-hydrogen) atoms. The van der Waals surface area contributed by atoms with E-state index in [9.17, 15) is 18.4 Å². The Balaban J connectivity index is 1.99. The number of halogens is 3. The van der Waals surface area contributed by atoms with Crippen LogP contribution < -0.4 is 4.74 Å². The molecule has 4 nitrogen and oxygen atoms in total. The summed E-state index contributed by atoms with van der Waals surface area (Å²) in [6.45, 7) is 2.24. The lowest BCUT2D eigenvalue weighted by Crippen LogP contribution is -2.25. The van der Waals surface area contributed by atoms with Crippen molar-refractivity contribution in [3.63, 3.8) is 0 Å². The summed E-state index contributed by atoms with van der Waals surface area (Å²) < 4.78 is 44.9. The van der Waals surface area contributed by atoms with Crippen LogP contribution in [-0.4, -0.2) is 20.2 Å². The smallest absolute Gasteiger partial charge is 0.416 e. The van der Waals surface area contributed by atoms with Gasteiger partial charge in [-0.25, -0.2) is 0 Å². The number of nitriles is 1. The quantitative estimate of drug-likeness (QED) is 0.108. The van der Waals surface area contributed by atoms with Crippen molar-refractivity contribution >= 4 is 0 Å². The van der Waals surface area contributed by atoms with E-state index < -0.39 is 17.2 Å². The lowest BCUT2D eigenvalue weighted by Gasteiger charge is -2.28. The summed E-state index contributed by atoms with van der Waals surface area (Å²) >= 11 is 0. The third-order valence-corrected chi connectivity index (χ3v) is 8.23. The average Bonchev–Trinajstić information content (AvgIpc) is 2.99. The van der Waals surface area contributed by atoms with Crippen LogP contribution in [0.3, 0.4) is 0 Å². The van der Waals surface area contributed by atoms with Gasteiger partial charge in [-0.2, -0.15) is 28.7 Å². The molecule has 0 radical (unpaired) electrons. The number of methoxy groups -OCH3 is 1. The largest absolute Gasteiger partial charge is 0.497 e. The number of rotatable bonds is 21. The fourth-order valence-corrected chi connectivity index (χ4v) is 5.72. The maximum Gasteiger partial charge on any atom is 0.416 e. The summed E-state index contributed by atoms with van der Waals surface area (Å²) in [5, 5.41) is 18.9. The predicted molar refractivity (Wildman–Crippen MR) is 165 cm³/mol. The molecule has 0 aliphatic heterocycles. The highest BCUT2D eigenvalue weighted by atomic mass is 19.4. The van der Waals surface area contributed by atoms with Gasteiger partial charge in [-0.3, -0.25) is 0 Å². The number of unbranched alkanes of at least 4 members (excludes halogenated alkanes) is 9. The van der Waals surface area contributed by atoms with Gasteiger partial charge in [-0.15, -0.1) is 0 Å². The Morgan fingerprint density at radius 2 is 1.43 bits per heavy atom. The monoisotopic (exact) mass is 585 g/mol. The molecule has 0 amide bonds. The van der Waals surface area contributed by atoms with Crippen molar-refractivity contribution in [2.75, 3.05) is 14.2 Å². The van der Waals surface area contributed by atoms with Gasteiger partial charge in [0.15, 0.2) is 0 Å². The first-order valence-corrected chi connectivity index (χ1v) is 15.8. The van der Waals surface area contributed by atoms with Crippen LogP contribution >= 0.6 is 0 Å². The molecule has 0 bridgehead atoms. The third-order valence-electron chi connectivity index (χ3n) is 8.23. The van der Waals surface area contributed by atoms with Gasteiger partial charge in [0.2, 0.25) is 0 Å². The second-order valence-corrected chi connectivity index (χ2v) is 11.5. The summed E-state index contributed by atoms with van der Waals surface area (Å²) in [6.07, 6.45) is 12.2. The molecule has 0 aliphatic carbocycles. The van der Waals surface area contributed by atoms with E-state index >= 15 is 0 Å². The summed E-state index contributed by atoms with van der Waals surface area (Å²) in [7, 11) is 3.26. The first kappa shape index (κ1) is 35.3. The van der Waals surface area contributed by atoms with Gasteiger partial charge in [-0.1, -0.05) is 101 Å². The fourth-order valence-electron chi connectivity index (χ4n) is 5.72. The van der Waals surface area contributed by atoms with Gasteiger partial charge in [0.05, 0.1) is 30.2 Å². The highest BCUT2D eigenvalue weighted by molar-refractivity contribution is 5.38. The summed E-state index contributed by atoms with van der Waals surface area (Å²) in [5.41, 5.74) is 0.379. The highest BCUT2D eigenvalue weighted by Crippen LogP contribution is 2.37. The molecule has 2 aromatic carbocycles. The van der Waals surface area contributed by atoms with Gasteiger partial charge in [-0.05, 0) is 67.9 Å². The molecular formula is C35H50F3N3O. The first-order valence-electron chi connectivity index (χ1n) is 15.8. The van der Waals surface area contributed by atoms with E-state index in [1.54, 1.807) is 20.2 Å². The van der Waals surface area contributed by atoms with Gasteiger partial charge in [0, 0.05) is 7.05 Å². The van der Waals surface area contributed by atoms with Crippen LogP contribution in [-0.2, 0) is 18.0 Å². The lowest BCUT2D eigenvalue weighted by molar-refractivity contribution is -0.137.